The maximum atomic E-state index is 14.4. The molecule has 0 saturated carbocycles. The van der Waals surface area contributed by atoms with Crippen LogP contribution in [-0.2, 0) is 25.7 Å². The molecule has 1 aromatic carbocycles. The van der Waals surface area contributed by atoms with Crippen LogP contribution in [0.2, 0.25) is 0 Å². The van der Waals surface area contributed by atoms with Crippen LogP contribution in [-0.4, -0.2) is 46.8 Å². The molecule has 0 fully saturated rings. The van der Waals surface area contributed by atoms with Gasteiger partial charge in [0.1, 0.15) is 0 Å². The fourth-order valence-electron chi connectivity index (χ4n) is 7.78. The molecular weight excluding hydrogens is 478 g/mol. The average Bonchev–Trinajstić information content (AvgIpc) is 3.47. The molecule has 38 heavy (non-hydrogen) atoms. The minimum atomic E-state index is -1.13. The molecule has 5 aliphatic rings. The van der Waals surface area contributed by atoms with Gasteiger partial charge in [0.15, 0.2) is 18.2 Å². The highest BCUT2D eigenvalue weighted by Crippen LogP contribution is 2.65. The van der Waals surface area contributed by atoms with Gasteiger partial charge in [0.05, 0.1) is 11.5 Å². The predicted octanol–water partition coefficient (Wildman–Crippen LogP) is 4.60. The average molecular weight is 514 g/mol. The Morgan fingerprint density at radius 3 is 2.63 bits per heavy atom. The molecule has 0 unspecified atom stereocenters. The monoisotopic (exact) mass is 513 g/mol. The van der Waals surface area contributed by atoms with Gasteiger partial charge in [-0.05, 0) is 60.5 Å². The van der Waals surface area contributed by atoms with Crippen molar-refractivity contribution in [3.8, 4) is 0 Å². The number of fused-ring (bicyclic) bond motifs is 5. The van der Waals surface area contributed by atoms with Crippen LogP contribution in [0.15, 0.2) is 76.0 Å². The molecule has 0 radical (unpaired) electrons. The van der Waals surface area contributed by atoms with Gasteiger partial charge in [-0.2, -0.15) is 0 Å². The van der Waals surface area contributed by atoms with Crippen LogP contribution in [0, 0.1) is 16.7 Å². The van der Waals surface area contributed by atoms with Crippen molar-refractivity contribution in [3.05, 3.63) is 81.6 Å². The van der Waals surface area contributed by atoms with E-state index in [-0.39, 0.29) is 24.1 Å². The Kier molecular flexibility index (Phi) is 5.87. The summed E-state index contributed by atoms with van der Waals surface area (Å²) >= 11 is 0. The first-order valence-electron chi connectivity index (χ1n) is 13.7. The fraction of sp³-hybridized carbons (Fsp3) is 0.469. The van der Waals surface area contributed by atoms with Crippen LogP contribution < -0.4 is 0 Å². The summed E-state index contributed by atoms with van der Waals surface area (Å²) in [5.41, 5.74) is 5.47. The number of carbonyl (C=O) groups excluding carboxylic acids is 3. The third-order valence-electron chi connectivity index (χ3n) is 9.65. The largest absolute Gasteiger partial charge is 0.458 e. The van der Waals surface area contributed by atoms with Gasteiger partial charge < -0.3 is 14.7 Å². The zero-order valence-corrected chi connectivity index (χ0v) is 22.4. The maximum absolute atomic E-state index is 14.4. The molecule has 1 aromatic rings. The maximum Gasteiger partial charge on any atom is 0.303 e. The van der Waals surface area contributed by atoms with Crippen molar-refractivity contribution in [1.29, 1.82) is 0 Å². The van der Waals surface area contributed by atoms with Crippen LogP contribution in [0.1, 0.15) is 58.4 Å². The summed E-state index contributed by atoms with van der Waals surface area (Å²) in [6, 6.07) is 10.2. The van der Waals surface area contributed by atoms with E-state index in [1.807, 2.05) is 38.1 Å². The Labute approximate surface area is 223 Å². The number of allylic oxidation sites excluding steroid dienone is 5. The number of esters is 1. The number of ketones is 2. The van der Waals surface area contributed by atoms with E-state index in [9.17, 15) is 19.5 Å². The highest BCUT2D eigenvalue weighted by Gasteiger charge is 2.65. The Bertz CT molecular complexity index is 1370. The number of rotatable bonds is 5. The van der Waals surface area contributed by atoms with Gasteiger partial charge in [0.25, 0.3) is 0 Å². The molecule has 6 rings (SSSR count). The van der Waals surface area contributed by atoms with E-state index in [4.69, 9.17) is 4.74 Å². The van der Waals surface area contributed by atoms with E-state index in [2.05, 4.69) is 17.0 Å². The fourth-order valence-corrected chi connectivity index (χ4v) is 7.78. The number of hydrogen-bond acceptors (Lipinski definition) is 6. The molecule has 0 aromatic heterocycles. The van der Waals surface area contributed by atoms with E-state index in [0.29, 0.717) is 25.1 Å². The number of aliphatic hydroxyl groups excluding tert-OH is 1. The van der Waals surface area contributed by atoms with Crippen LogP contribution in [0.25, 0.3) is 0 Å². The molecule has 198 valence electrons. The van der Waals surface area contributed by atoms with E-state index in [0.717, 1.165) is 42.4 Å². The van der Waals surface area contributed by atoms with Crippen molar-refractivity contribution >= 4 is 17.5 Å². The Morgan fingerprint density at radius 2 is 1.89 bits per heavy atom. The Balaban J connectivity index is 1.58. The summed E-state index contributed by atoms with van der Waals surface area (Å²) in [5.74, 6) is -0.983. The molecule has 1 N–H and O–H groups in total. The first-order valence-corrected chi connectivity index (χ1v) is 13.7. The Hall–Kier alpha value is -3.25. The lowest BCUT2D eigenvalue weighted by Crippen LogP contribution is -2.62. The first kappa shape index (κ1) is 25.1. The third kappa shape index (κ3) is 3.53. The predicted molar refractivity (Wildman–Crippen MR) is 143 cm³/mol. The number of nitrogens with zero attached hydrogens (tertiary/aromatic N) is 1. The lowest BCUT2D eigenvalue weighted by molar-refractivity contribution is -0.153. The van der Waals surface area contributed by atoms with Crippen molar-refractivity contribution < 1.29 is 24.2 Å². The van der Waals surface area contributed by atoms with Crippen molar-refractivity contribution in [3.63, 3.8) is 0 Å². The molecule has 1 aliphatic heterocycles. The minimum absolute atomic E-state index is 0.0763. The third-order valence-corrected chi connectivity index (χ3v) is 9.65. The quantitative estimate of drug-likeness (QED) is 0.580. The van der Waals surface area contributed by atoms with E-state index in [1.54, 1.807) is 6.08 Å². The van der Waals surface area contributed by atoms with Gasteiger partial charge in [0.2, 0.25) is 0 Å². The van der Waals surface area contributed by atoms with Crippen LogP contribution in [0.5, 0.6) is 0 Å². The minimum Gasteiger partial charge on any atom is -0.458 e. The van der Waals surface area contributed by atoms with Gasteiger partial charge in [-0.25, -0.2) is 0 Å². The van der Waals surface area contributed by atoms with Gasteiger partial charge in [0, 0.05) is 42.6 Å². The number of benzene rings is 1. The van der Waals surface area contributed by atoms with Crippen molar-refractivity contribution in [2.45, 2.75) is 65.5 Å². The van der Waals surface area contributed by atoms with E-state index >= 15 is 0 Å². The van der Waals surface area contributed by atoms with Gasteiger partial charge in [-0.15, -0.1) is 0 Å². The van der Waals surface area contributed by atoms with E-state index in [1.165, 1.54) is 23.8 Å². The number of Topliss-reactive ketones (excluding diaryl/α,β-unsaturated/α-hetero) is 1. The molecule has 1 heterocycles. The van der Waals surface area contributed by atoms with Crippen LogP contribution in [0.3, 0.4) is 0 Å². The van der Waals surface area contributed by atoms with Gasteiger partial charge in [-0.1, -0.05) is 55.8 Å². The lowest BCUT2D eigenvalue weighted by Gasteiger charge is -2.58. The summed E-state index contributed by atoms with van der Waals surface area (Å²) in [7, 11) is 0. The number of carbonyl (C=O) groups is 3. The number of aliphatic hydroxyl groups is 1. The molecule has 0 saturated heterocycles. The Morgan fingerprint density at radius 1 is 1.13 bits per heavy atom. The molecule has 0 amide bonds. The van der Waals surface area contributed by atoms with Gasteiger partial charge >= 0.3 is 5.97 Å². The van der Waals surface area contributed by atoms with Gasteiger partial charge in [-0.3, -0.25) is 14.4 Å². The lowest BCUT2D eigenvalue weighted by atomic mass is 9.46. The normalized spacial score (nSPS) is 31.8. The number of hydrogen-bond donors (Lipinski definition) is 1. The summed E-state index contributed by atoms with van der Waals surface area (Å²) in [6.45, 7) is 5.82. The summed E-state index contributed by atoms with van der Waals surface area (Å²) in [5, 5.41) is 11.1. The highest BCUT2D eigenvalue weighted by molar-refractivity contribution is 6.11. The first-order chi connectivity index (χ1) is 18.2. The van der Waals surface area contributed by atoms with E-state index < -0.39 is 22.9 Å². The molecule has 4 atom stereocenters. The topological polar surface area (TPSA) is 83.9 Å². The second-order valence-electron chi connectivity index (χ2n) is 11.9. The molecule has 6 nitrogen and oxygen atoms in total. The summed E-state index contributed by atoms with van der Waals surface area (Å²) < 4.78 is 5.31. The van der Waals surface area contributed by atoms with Crippen molar-refractivity contribution in [1.82, 2.24) is 4.90 Å². The zero-order chi connectivity index (χ0) is 26.8. The van der Waals surface area contributed by atoms with Crippen LogP contribution in [0.4, 0.5) is 0 Å². The zero-order valence-electron chi connectivity index (χ0n) is 22.4. The standard InChI is InChI=1S/C32H35NO5/c1-19-12-26-27(35)14-25-24-13-22-10-7-11-23(22)30(24)33(16-21-8-5-4-6-9-21)18-32(25,29(37)17-38-20(2)34)31(26,3)15-28(19)36/h4-6,8-9,12,14,19,28,36H,7,10-11,13,15-18H2,1-3H3/t19-,28-,31-,32-/m0/s1. The SMILES string of the molecule is CC(=O)OCC(=O)[C@]12CN(Cc3ccccc3)C3=C(CC4=C3CCC4)C1=CC(=O)C1=C[C@H](C)[C@@H](O)C[C@@]12C. The number of ether oxygens (including phenoxy) is 1. The summed E-state index contributed by atoms with van der Waals surface area (Å²) in [4.78, 5) is 42.3. The second kappa shape index (κ2) is 8.91. The molecule has 4 aliphatic carbocycles. The van der Waals surface area contributed by atoms with Crippen molar-refractivity contribution in [2.24, 2.45) is 16.7 Å². The molecular formula is C32H35NO5. The highest BCUT2D eigenvalue weighted by atomic mass is 16.5. The van der Waals surface area contributed by atoms with Crippen LogP contribution >= 0.6 is 0 Å². The summed E-state index contributed by atoms with van der Waals surface area (Å²) in [6.07, 6.45) is 7.09. The second-order valence-corrected chi connectivity index (χ2v) is 11.9. The molecule has 6 heteroatoms. The molecule has 0 bridgehead atoms. The van der Waals surface area contributed by atoms with Crippen molar-refractivity contribution in [2.75, 3.05) is 13.2 Å². The molecule has 0 spiro atoms. The smallest absolute Gasteiger partial charge is 0.303 e.